The van der Waals surface area contributed by atoms with Gasteiger partial charge in [0, 0.05) is 32.5 Å². The van der Waals surface area contributed by atoms with Crippen molar-refractivity contribution in [3.05, 3.63) is 92.8 Å². The molecule has 0 spiro atoms. The van der Waals surface area contributed by atoms with Crippen molar-refractivity contribution in [2.24, 2.45) is 4.99 Å². The van der Waals surface area contributed by atoms with E-state index in [0.717, 1.165) is 44.8 Å². The Bertz CT molecular complexity index is 1460. The average Bonchev–Trinajstić information content (AvgIpc) is 3.39. The van der Waals surface area contributed by atoms with Gasteiger partial charge in [-0.1, -0.05) is 48.0 Å². The van der Waals surface area contributed by atoms with Crippen LogP contribution in [0.5, 0.6) is 0 Å². The van der Waals surface area contributed by atoms with Gasteiger partial charge in [-0.25, -0.2) is 0 Å². The monoisotopic (exact) mass is 519 g/mol. The van der Waals surface area contributed by atoms with Crippen LogP contribution in [0, 0.1) is 6.92 Å². The average molecular weight is 520 g/mol. The Balaban J connectivity index is 1.36. The first-order valence-electron chi connectivity index (χ1n) is 11.4. The molecule has 0 atom stereocenters. The molecule has 2 aliphatic rings. The molecular weight excluding hydrogens is 498 g/mol. The lowest BCUT2D eigenvalue weighted by molar-refractivity contribution is -0.129. The number of aliphatic imine (C=N–C) groups is 1. The molecule has 0 aliphatic carbocycles. The summed E-state index contributed by atoms with van der Waals surface area (Å²) in [5.74, 6) is 2.25. The van der Waals surface area contributed by atoms with Gasteiger partial charge in [-0.15, -0.1) is 33.3 Å². The van der Waals surface area contributed by atoms with Crippen LogP contribution in [0.3, 0.4) is 0 Å². The summed E-state index contributed by atoms with van der Waals surface area (Å²) in [5.41, 5.74) is 4.17. The van der Waals surface area contributed by atoms with Crippen molar-refractivity contribution in [1.82, 2.24) is 19.7 Å². The number of carbonyl (C=O) groups is 1. The van der Waals surface area contributed by atoms with Crippen molar-refractivity contribution in [1.29, 1.82) is 0 Å². The normalized spacial score (nSPS) is 14.6. The molecule has 4 aromatic rings. The lowest BCUT2D eigenvalue weighted by Gasteiger charge is -2.27. The number of halogens is 1. The number of hydrogen-bond donors (Lipinski definition) is 0. The number of thioether (sulfide) groups is 1. The highest BCUT2D eigenvalue weighted by atomic mass is 35.5. The number of nitrogens with zero attached hydrogens (tertiary/aromatic N) is 5. The van der Waals surface area contributed by atoms with Crippen molar-refractivity contribution >= 4 is 46.3 Å². The summed E-state index contributed by atoms with van der Waals surface area (Å²) in [6.45, 7) is 3.71. The molecule has 0 saturated heterocycles. The van der Waals surface area contributed by atoms with E-state index in [1.54, 1.807) is 23.1 Å². The van der Waals surface area contributed by atoms with Crippen molar-refractivity contribution in [3.63, 3.8) is 0 Å². The van der Waals surface area contributed by atoms with Crippen LogP contribution in [0.1, 0.15) is 33.2 Å². The number of aromatic nitrogens is 3. The Hall–Kier alpha value is -2.94. The molecule has 4 heterocycles. The molecular formula is C26H22ClN5OS2. The zero-order valence-corrected chi connectivity index (χ0v) is 21.5. The summed E-state index contributed by atoms with van der Waals surface area (Å²) in [6.07, 6.45) is 0.781. The van der Waals surface area contributed by atoms with Gasteiger partial charge in [0.05, 0.1) is 18.0 Å². The SMILES string of the molecule is Cc1nnc2n1-c1sc3c(c1C(c1ccccc1Cl)=NC2)CCN(C(=O)CSc1ccccc1)C3. The van der Waals surface area contributed by atoms with Crippen LogP contribution in [0.4, 0.5) is 0 Å². The van der Waals surface area contributed by atoms with Crippen LogP contribution in [0.25, 0.3) is 5.00 Å². The minimum atomic E-state index is 0.161. The first kappa shape index (κ1) is 22.5. The van der Waals surface area contributed by atoms with Gasteiger partial charge in [0.2, 0.25) is 5.91 Å². The van der Waals surface area contributed by atoms with Crippen LogP contribution in [0.2, 0.25) is 5.02 Å². The van der Waals surface area contributed by atoms with Gasteiger partial charge in [-0.3, -0.25) is 14.4 Å². The zero-order valence-electron chi connectivity index (χ0n) is 19.1. The van der Waals surface area contributed by atoms with Gasteiger partial charge in [0.1, 0.15) is 17.4 Å². The largest absolute Gasteiger partial charge is 0.336 e. The molecule has 2 aromatic heterocycles. The fourth-order valence-corrected chi connectivity index (χ4v) is 7.11. The topological polar surface area (TPSA) is 63.4 Å². The number of thiophene rings is 1. The molecule has 0 radical (unpaired) electrons. The second kappa shape index (κ2) is 9.26. The molecule has 2 aromatic carbocycles. The van der Waals surface area contributed by atoms with E-state index in [1.807, 2.05) is 66.4 Å². The number of amides is 1. The molecule has 176 valence electrons. The summed E-state index contributed by atoms with van der Waals surface area (Å²) in [7, 11) is 0. The number of rotatable bonds is 4. The highest BCUT2D eigenvalue weighted by Crippen LogP contribution is 2.40. The Morgan fingerprint density at radius 3 is 2.74 bits per heavy atom. The smallest absolute Gasteiger partial charge is 0.233 e. The molecule has 35 heavy (non-hydrogen) atoms. The Morgan fingerprint density at radius 2 is 1.91 bits per heavy atom. The third-order valence-corrected chi connectivity index (χ3v) is 8.86. The molecule has 9 heteroatoms. The second-order valence-corrected chi connectivity index (χ2v) is 11.0. The van der Waals surface area contributed by atoms with Gasteiger partial charge in [-0.05, 0) is 37.1 Å². The Morgan fingerprint density at radius 1 is 1.11 bits per heavy atom. The second-order valence-electron chi connectivity index (χ2n) is 8.49. The van der Waals surface area contributed by atoms with E-state index in [0.29, 0.717) is 30.4 Å². The lowest BCUT2D eigenvalue weighted by atomic mass is 9.95. The zero-order chi connectivity index (χ0) is 23.9. The minimum Gasteiger partial charge on any atom is -0.336 e. The van der Waals surface area contributed by atoms with Gasteiger partial charge < -0.3 is 4.90 Å². The van der Waals surface area contributed by atoms with Gasteiger partial charge in [0.15, 0.2) is 5.82 Å². The van der Waals surface area contributed by atoms with Gasteiger partial charge in [-0.2, -0.15) is 0 Å². The van der Waals surface area contributed by atoms with Crippen LogP contribution in [0.15, 0.2) is 64.5 Å². The molecule has 6 nitrogen and oxygen atoms in total. The highest BCUT2D eigenvalue weighted by molar-refractivity contribution is 8.00. The van der Waals surface area contributed by atoms with Crippen molar-refractivity contribution in [2.45, 2.75) is 31.3 Å². The number of hydrogen-bond acceptors (Lipinski definition) is 6. The number of aryl methyl sites for hydroxylation is 1. The molecule has 0 fully saturated rings. The molecule has 1 amide bonds. The summed E-state index contributed by atoms with van der Waals surface area (Å²) in [4.78, 5) is 22.3. The third-order valence-electron chi connectivity index (χ3n) is 6.34. The van der Waals surface area contributed by atoms with E-state index in [9.17, 15) is 4.79 Å². The van der Waals surface area contributed by atoms with E-state index in [4.69, 9.17) is 16.6 Å². The molecule has 0 unspecified atom stereocenters. The van der Waals surface area contributed by atoms with E-state index in [1.165, 1.54) is 10.4 Å². The molecule has 2 aliphatic heterocycles. The van der Waals surface area contributed by atoms with Crippen molar-refractivity contribution in [2.75, 3.05) is 12.3 Å². The van der Waals surface area contributed by atoms with E-state index in [2.05, 4.69) is 14.8 Å². The maximum Gasteiger partial charge on any atom is 0.233 e. The van der Waals surface area contributed by atoms with Crippen molar-refractivity contribution in [3.8, 4) is 5.00 Å². The minimum absolute atomic E-state index is 0.161. The first-order chi connectivity index (χ1) is 17.1. The van der Waals surface area contributed by atoms with Crippen LogP contribution >= 0.6 is 34.7 Å². The fourth-order valence-electron chi connectivity index (χ4n) is 4.63. The van der Waals surface area contributed by atoms with Crippen molar-refractivity contribution < 1.29 is 4.79 Å². The predicted molar refractivity (Wildman–Crippen MR) is 141 cm³/mol. The van der Waals surface area contributed by atoms with Gasteiger partial charge in [0.25, 0.3) is 0 Å². The first-order valence-corrected chi connectivity index (χ1v) is 13.6. The van der Waals surface area contributed by atoms with E-state index < -0.39 is 0 Å². The van der Waals surface area contributed by atoms with E-state index >= 15 is 0 Å². The molecule has 0 N–H and O–H groups in total. The van der Waals surface area contributed by atoms with E-state index in [-0.39, 0.29) is 5.91 Å². The standard InChI is InChI=1S/C26H22ClN5OS2/c1-16-29-30-22-13-28-25(18-9-5-6-10-20(18)27)24-19-11-12-31(14-21(19)35-26(24)32(16)22)23(33)15-34-17-7-3-2-4-8-17/h2-10H,11-15H2,1H3. The molecule has 6 rings (SSSR count). The number of fused-ring (bicyclic) bond motifs is 5. The number of carbonyl (C=O) groups excluding carboxylic acids is 1. The number of benzene rings is 2. The molecule has 0 saturated carbocycles. The lowest BCUT2D eigenvalue weighted by Crippen LogP contribution is -2.36. The van der Waals surface area contributed by atoms with Gasteiger partial charge >= 0.3 is 0 Å². The maximum absolute atomic E-state index is 13.1. The summed E-state index contributed by atoms with van der Waals surface area (Å²) < 4.78 is 2.11. The van der Waals surface area contributed by atoms with Crippen LogP contribution in [-0.2, 0) is 24.3 Å². The quantitative estimate of drug-likeness (QED) is 0.342. The fraction of sp³-hybridized carbons (Fsp3) is 0.231. The Kier molecular flexibility index (Phi) is 5.96. The summed E-state index contributed by atoms with van der Waals surface area (Å²) in [5, 5.41) is 10.4. The Labute approximate surface area is 216 Å². The molecule has 0 bridgehead atoms. The highest BCUT2D eigenvalue weighted by Gasteiger charge is 2.33. The predicted octanol–water partition coefficient (Wildman–Crippen LogP) is 5.32. The van der Waals surface area contributed by atoms with Crippen LogP contribution < -0.4 is 0 Å². The van der Waals surface area contributed by atoms with Crippen LogP contribution in [-0.4, -0.2) is 43.6 Å². The summed E-state index contributed by atoms with van der Waals surface area (Å²) >= 11 is 9.92. The summed E-state index contributed by atoms with van der Waals surface area (Å²) in [6, 6.07) is 17.9. The third kappa shape index (κ3) is 4.09. The maximum atomic E-state index is 13.1.